The zero-order valence-corrected chi connectivity index (χ0v) is 11.7. The first kappa shape index (κ1) is 14.7. The van der Waals surface area contributed by atoms with E-state index in [4.69, 9.17) is 23.2 Å². The summed E-state index contributed by atoms with van der Waals surface area (Å²) < 4.78 is 13.6. The molecule has 0 amide bonds. The van der Waals surface area contributed by atoms with Gasteiger partial charge in [-0.3, -0.25) is 0 Å². The molecule has 0 aliphatic carbocycles. The first-order valence-electron chi connectivity index (χ1n) is 5.82. The lowest BCUT2D eigenvalue weighted by Gasteiger charge is -2.31. The Kier molecular flexibility index (Phi) is 5.71. The van der Waals surface area contributed by atoms with Crippen molar-refractivity contribution in [1.82, 2.24) is 5.32 Å². The Labute approximate surface area is 112 Å². The van der Waals surface area contributed by atoms with Crippen LogP contribution in [0.5, 0.6) is 0 Å². The third-order valence-corrected chi connectivity index (χ3v) is 4.18. The Morgan fingerprint density at radius 1 is 1.29 bits per heavy atom. The topological polar surface area (TPSA) is 12.0 Å². The quantitative estimate of drug-likeness (QED) is 0.762. The van der Waals surface area contributed by atoms with E-state index in [1.54, 1.807) is 12.1 Å². The highest BCUT2D eigenvalue weighted by Gasteiger charge is 2.24. The van der Waals surface area contributed by atoms with E-state index in [1.165, 1.54) is 6.07 Å². The molecule has 1 rings (SSSR count). The summed E-state index contributed by atoms with van der Waals surface area (Å²) in [6, 6.07) is 4.72. The molecule has 0 aliphatic heterocycles. The summed E-state index contributed by atoms with van der Waals surface area (Å²) in [5, 5.41) is 3.78. The van der Waals surface area contributed by atoms with Gasteiger partial charge in [-0.05, 0) is 25.0 Å². The van der Waals surface area contributed by atoms with E-state index in [0.29, 0.717) is 23.0 Å². The molecule has 0 atom stereocenters. The van der Waals surface area contributed by atoms with Crippen LogP contribution in [0.2, 0.25) is 5.02 Å². The zero-order valence-electron chi connectivity index (χ0n) is 10.2. The zero-order chi connectivity index (χ0) is 12.9. The highest BCUT2D eigenvalue weighted by molar-refractivity contribution is 6.31. The van der Waals surface area contributed by atoms with Gasteiger partial charge in [-0.25, -0.2) is 4.39 Å². The number of nitrogens with one attached hydrogen (secondary N) is 1. The summed E-state index contributed by atoms with van der Waals surface area (Å²) in [6.45, 7) is 4.55. The fourth-order valence-corrected chi connectivity index (χ4v) is 2.42. The Morgan fingerprint density at radius 3 is 2.41 bits per heavy atom. The number of hydrogen-bond acceptors (Lipinski definition) is 1. The van der Waals surface area contributed by atoms with Crippen molar-refractivity contribution in [3.8, 4) is 0 Å². The van der Waals surface area contributed by atoms with Crippen molar-refractivity contribution < 1.29 is 4.39 Å². The van der Waals surface area contributed by atoms with Crippen LogP contribution in [0.3, 0.4) is 0 Å². The molecule has 96 valence electrons. The highest BCUT2D eigenvalue weighted by atomic mass is 35.5. The average molecular weight is 278 g/mol. The Morgan fingerprint density at radius 2 is 1.94 bits per heavy atom. The van der Waals surface area contributed by atoms with Gasteiger partial charge in [0.2, 0.25) is 0 Å². The van der Waals surface area contributed by atoms with Crippen LogP contribution in [0.4, 0.5) is 4.39 Å². The van der Waals surface area contributed by atoms with Gasteiger partial charge in [0.05, 0.1) is 0 Å². The van der Waals surface area contributed by atoms with Crippen LogP contribution in [-0.2, 0) is 6.54 Å². The number of hydrogen-bond donors (Lipinski definition) is 1. The van der Waals surface area contributed by atoms with Gasteiger partial charge < -0.3 is 5.32 Å². The minimum absolute atomic E-state index is 0.146. The lowest BCUT2D eigenvalue weighted by atomic mass is 9.95. The van der Waals surface area contributed by atoms with E-state index in [2.05, 4.69) is 19.2 Å². The van der Waals surface area contributed by atoms with Crippen molar-refractivity contribution in [2.75, 3.05) is 5.88 Å². The summed E-state index contributed by atoms with van der Waals surface area (Å²) >= 11 is 12.0. The second kappa shape index (κ2) is 6.58. The van der Waals surface area contributed by atoms with Crippen molar-refractivity contribution >= 4 is 23.2 Å². The van der Waals surface area contributed by atoms with Gasteiger partial charge >= 0.3 is 0 Å². The molecule has 0 radical (unpaired) electrons. The Hall–Kier alpha value is -0.310. The van der Waals surface area contributed by atoms with Crippen LogP contribution in [0, 0.1) is 5.82 Å². The first-order chi connectivity index (χ1) is 8.08. The lowest BCUT2D eigenvalue weighted by Crippen LogP contribution is -2.45. The molecule has 1 N–H and O–H groups in total. The predicted octanol–water partition coefficient (Wildman–Crippen LogP) is 4.37. The molecule has 1 nitrogen and oxygen atoms in total. The van der Waals surface area contributed by atoms with Gasteiger partial charge in [0.15, 0.2) is 0 Å². The van der Waals surface area contributed by atoms with Crippen LogP contribution in [0.1, 0.15) is 32.3 Å². The van der Waals surface area contributed by atoms with Gasteiger partial charge in [0.1, 0.15) is 5.82 Å². The van der Waals surface area contributed by atoms with Crippen molar-refractivity contribution in [1.29, 1.82) is 0 Å². The summed E-state index contributed by atoms with van der Waals surface area (Å²) in [5.41, 5.74) is 0.359. The predicted molar refractivity (Wildman–Crippen MR) is 72.3 cm³/mol. The van der Waals surface area contributed by atoms with Gasteiger partial charge in [0, 0.05) is 28.5 Å². The van der Waals surface area contributed by atoms with E-state index in [9.17, 15) is 4.39 Å². The minimum atomic E-state index is -0.277. The van der Waals surface area contributed by atoms with Crippen LogP contribution in [-0.4, -0.2) is 11.4 Å². The maximum Gasteiger partial charge on any atom is 0.129 e. The molecule has 0 fully saturated rings. The SMILES string of the molecule is CCC(CC)(CCl)NCc1c(F)cccc1Cl. The standard InChI is InChI=1S/C13H18Cl2FN/c1-3-13(4-2,9-14)17-8-10-11(15)6-5-7-12(10)16/h5-7,17H,3-4,8-9H2,1-2H3. The fourth-order valence-electron chi connectivity index (χ4n) is 1.71. The van der Waals surface area contributed by atoms with Crippen LogP contribution in [0.25, 0.3) is 0 Å². The molecule has 0 spiro atoms. The molecule has 0 aromatic heterocycles. The van der Waals surface area contributed by atoms with Gasteiger partial charge in [-0.1, -0.05) is 31.5 Å². The van der Waals surface area contributed by atoms with Crippen molar-refractivity contribution in [2.24, 2.45) is 0 Å². The fraction of sp³-hybridized carbons (Fsp3) is 0.538. The van der Waals surface area contributed by atoms with Gasteiger partial charge in [-0.15, -0.1) is 11.6 Å². The van der Waals surface area contributed by atoms with Crippen molar-refractivity contribution in [3.05, 3.63) is 34.6 Å². The monoisotopic (exact) mass is 277 g/mol. The molecule has 0 heterocycles. The molecule has 0 saturated carbocycles. The second-order valence-electron chi connectivity index (χ2n) is 4.17. The van der Waals surface area contributed by atoms with Crippen molar-refractivity contribution in [3.63, 3.8) is 0 Å². The molecular formula is C13H18Cl2FN. The van der Waals surface area contributed by atoms with E-state index in [-0.39, 0.29) is 11.4 Å². The highest BCUT2D eigenvalue weighted by Crippen LogP contribution is 2.22. The number of benzene rings is 1. The molecule has 1 aromatic rings. The van der Waals surface area contributed by atoms with E-state index >= 15 is 0 Å². The molecule has 4 heteroatoms. The van der Waals surface area contributed by atoms with E-state index in [0.717, 1.165) is 12.8 Å². The minimum Gasteiger partial charge on any atom is -0.306 e. The Bertz CT molecular complexity index is 336. The lowest BCUT2D eigenvalue weighted by molar-refractivity contribution is 0.332. The third-order valence-electron chi connectivity index (χ3n) is 3.31. The van der Waals surface area contributed by atoms with Crippen LogP contribution in [0.15, 0.2) is 18.2 Å². The maximum absolute atomic E-state index is 13.6. The largest absolute Gasteiger partial charge is 0.306 e. The molecule has 17 heavy (non-hydrogen) atoms. The molecule has 0 unspecified atom stereocenters. The first-order valence-corrected chi connectivity index (χ1v) is 6.73. The average Bonchev–Trinajstić information content (AvgIpc) is 2.34. The van der Waals surface area contributed by atoms with Crippen molar-refractivity contribution in [2.45, 2.75) is 38.8 Å². The van der Waals surface area contributed by atoms with Gasteiger partial charge in [0.25, 0.3) is 0 Å². The smallest absolute Gasteiger partial charge is 0.129 e. The molecule has 1 aromatic carbocycles. The molecular weight excluding hydrogens is 260 g/mol. The summed E-state index contributed by atoms with van der Waals surface area (Å²) in [6.07, 6.45) is 1.80. The summed E-state index contributed by atoms with van der Waals surface area (Å²) in [7, 11) is 0. The maximum atomic E-state index is 13.6. The molecule has 0 aliphatic rings. The van der Waals surface area contributed by atoms with E-state index < -0.39 is 0 Å². The van der Waals surface area contributed by atoms with E-state index in [1.807, 2.05) is 0 Å². The van der Waals surface area contributed by atoms with Gasteiger partial charge in [-0.2, -0.15) is 0 Å². The molecule has 0 saturated heterocycles. The van der Waals surface area contributed by atoms with Crippen LogP contribution >= 0.6 is 23.2 Å². The van der Waals surface area contributed by atoms with Crippen LogP contribution < -0.4 is 5.32 Å². The summed E-state index contributed by atoms with van der Waals surface area (Å²) in [4.78, 5) is 0. The Balaban J connectivity index is 2.79. The number of halogens is 3. The normalized spacial score (nSPS) is 11.8. The third kappa shape index (κ3) is 3.57. The number of rotatable bonds is 6. The summed E-state index contributed by atoms with van der Waals surface area (Å²) in [5.74, 6) is 0.229. The molecule has 0 bridgehead atoms. The number of alkyl halides is 1. The second-order valence-corrected chi connectivity index (χ2v) is 4.85.